The van der Waals surface area contributed by atoms with Crippen LogP contribution < -0.4 is 5.32 Å². The molecule has 5 nitrogen and oxygen atoms in total. The highest BCUT2D eigenvalue weighted by Gasteiger charge is 2.23. The van der Waals surface area contributed by atoms with Crippen LogP contribution in [0.2, 0.25) is 0 Å². The van der Waals surface area contributed by atoms with Crippen molar-refractivity contribution in [2.24, 2.45) is 0 Å². The second kappa shape index (κ2) is 9.45. The zero-order chi connectivity index (χ0) is 12.4. The zero-order valence-corrected chi connectivity index (χ0v) is 10.3. The fraction of sp³-hybridized carbons (Fsp3) is 0.800. The molecule has 0 saturated carbocycles. The first-order chi connectivity index (χ1) is 7.02. The molecule has 0 aromatic carbocycles. The summed E-state index contributed by atoms with van der Waals surface area (Å²) in [5.74, 6) is -0.167. The lowest BCUT2D eigenvalue weighted by Crippen LogP contribution is -2.47. The van der Waals surface area contributed by atoms with E-state index in [4.69, 9.17) is 4.74 Å². The first-order valence-electron chi connectivity index (χ1n) is 4.90. The molecule has 90 valence electrons. The number of Topliss-reactive ketones (excluding diaryl/α,β-unsaturated/α-hetero) is 1. The summed E-state index contributed by atoms with van der Waals surface area (Å²) in [4.78, 5) is 21.9. The van der Waals surface area contributed by atoms with Gasteiger partial charge < -0.3 is 14.8 Å². The highest BCUT2D eigenvalue weighted by molar-refractivity contribution is 5.85. The van der Waals surface area contributed by atoms with Crippen molar-refractivity contribution in [1.82, 2.24) is 5.32 Å². The fourth-order valence-electron chi connectivity index (χ4n) is 0.871. The normalized spacial score (nSPS) is 12.9. The molecule has 1 amide bonds. The van der Waals surface area contributed by atoms with E-state index < -0.39 is 12.1 Å². The summed E-state index contributed by atoms with van der Waals surface area (Å²) in [6, 6.07) is -0.655. The number of hydrogen-bond donors (Lipinski definition) is 1. The Kier molecular flexibility index (Phi) is 10.3. The molecule has 0 aliphatic rings. The number of carbonyl (C=O) groups excluding carboxylic acids is 2. The lowest BCUT2D eigenvalue weighted by Gasteiger charge is -2.20. The Bertz CT molecular complexity index is 194. The molecule has 1 N–H and O–H groups in total. The Morgan fingerprint density at radius 3 is 1.93 bits per heavy atom. The van der Waals surface area contributed by atoms with Crippen molar-refractivity contribution < 1.29 is 19.1 Å². The van der Waals surface area contributed by atoms with Crippen LogP contribution in [0.25, 0.3) is 0 Å². The van der Waals surface area contributed by atoms with E-state index in [9.17, 15) is 9.59 Å². The highest BCUT2D eigenvalue weighted by Crippen LogP contribution is 1.99. The molecule has 0 spiro atoms. The molecule has 0 fully saturated rings. The number of methoxy groups -OCH3 is 2. The van der Waals surface area contributed by atoms with Crippen LogP contribution in [0.15, 0.2) is 0 Å². The van der Waals surface area contributed by atoms with Crippen molar-refractivity contribution in [1.29, 1.82) is 0 Å². The van der Waals surface area contributed by atoms with Crippen LogP contribution in [0.5, 0.6) is 0 Å². The van der Waals surface area contributed by atoms with Crippen molar-refractivity contribution in [3.05, 3.63) is 0 Å². The summed E-state index contributed by atoms with van der Waals surface area (Å²) in [6.07, 6.45) is -0.999. The largest absolute Gasteiger partial charge is 0.453 e. The van der Waals surface area contributed by atoms with Gasteiger partial charge in [-0.05, 0) is 13.8 Å². The number of carbonyl (C=O) groups is 2. The number of hydrogen-bond acceptors (Lipinski definition) is 4. The predicted octanol–water partition coefficient (Wildman–Crippen LogP) is 1.36. The van der Waals surface area contributed by atoms with Crippen molar-refractivity contribution in [3.63, 3.8) is 0 Å². The second-order valence-corrected chi connectivity index (χ2v) is 2.67. The third-order valence-electron chi connectivity index (χ3n) is 1.74. The molecular weight excluding hydrogens is 198 g/mol. The molecule has 2 unspecified atom stereocenters. The number of rotatable bonds is 4. The minimum atomic E-state index is -0.655. The minimum Gasteiger partial charge on any atom is -0.453 e. The van der Waals surface area contributed by atoms with E-state index in [2.05, 4.69) is 10.1 Å². The van der Waals surface area contributed by atoms with E-state index in [1.54, 1.807) is 6.92 Å². The van der Waals surface area contributed by atoms with E-state index in [1.807, 2.05) is 13.8 Å². The summed E-state index contributed by atoms with van der Waals surface area (Å²) >= 11 is 0. The van der Waals surface area contributed by atoms with Crippen molar-refractivity contribution in [3.8, 4) is 0 Å². The predicted molar refractivity (Wildman–Crippen MR) is 57.8 cm³/mol. The molecule has 2 atom stereocenters. The van der Waals surface area contributed by atoms with Crippen LogP contribution in [0.4, 0.5) is 4.79 Å². The van der Waals surface area contributed by atoms with Gasteiger partial charge in [-0.25, -0.2) is 4.79 Å². The Morgan fingerprint density at radius 1 is 1.20 bits per heavy atom. The van der Waals surface area contributed by atoms with Crippen LogP contribution in [-0.2, 0) is 14.3 Å². The van der Waals surface area contributed by atoms with E-state index in [0.717, 1.165) is 0 Å². The second-order valence-electron chi connectivity index (χ2n) is 2.67. The Hall–Kier alpha value is -1.10. The summed E-state index contributed by atoms with van der Waals surface area (Å²) in [7, 11) is 2.71. The molecule has 0 radical (unpaired) electrons. The molecular formula is C10H21NO4. The van der Waals surface area contributed by atoms with E-state index >= 15 is 0 Å². The van der Waals surface area contributed by atoms with Gasteiger partial charge in [-0.3, -0.25) is 4.79 Å². The smallest absolute Gasteiger partial charge is 0.407 e. The summed E-state index contributed by atoms with van der Waals surface area (Å²) in [5, 5.41) is 2.38. The fourth-order valence-corrected chi connectivity index (χ4v) is 0.871. The minimum absolute atomic E-state index is 0.167. The molecule has 0 rings (SSSR count). The molecule has 0 heterocycles. The monoisotopic (exact) mass is 219 g/mol. The van der Waals surface area contributed by atoms with E-state index in [-0.39, 0.29) is 11.9 Å². The van der Waals surface area contributed by atoms with Crippen LogP contribution in [0.1, 0.15) is 27.7 Å². The average Bonchev–Trinajstić information content (AvgIpc) is 2.26. The Balaban J connectivity index is 0. The molecule has 0 bridgehead atoms. The van der Waals surface area contributed by atoms with Crippen LogP contribution in [0, 0.1) is 0 Å². The third-order valence-corrected chi connectivity index (χ3v) is 1.74. The van der Waals surface area contributed by atoms with E-state index in [1.165, 1.54) is 21.1 Å². The average molecular weight is 219 g/mol. The third kappa shape index (κ3) is 6.90. The summed E-state index contributed by atoms with van der Waals surface area (Å²) < 4.78 is 9.30. The maximum absolute atomic E-state index is 11.0. The number of amides is 1. The number of alkyl carbamates (subject to hydrolysis) is 1. The molecule has 0 aliphatic carbocycles. The van der Waals surface area contributed by atoms with Gasteiger partial charge >= 0.3 is 6.09 Å². The van der Waals surface area contributed by atoms with Crippen LogP contribution in [-0.4, -0.2) is 38.2 Å². The number of nitrogens with one attached hydrogen (secondary N) is 1. The first-order valence-corrected chi connectivity index (χ1v) is 4.90. The van der Waals surface area contributed by atoms with Gasteiger partial charge in [0.2, 0.25) is 0 Å². The van der Waals surface area contributed by atoms with Crippen LogP contribution in [0.3, 0.4) is 0 Å². The lowest BCUT2D eigenvalue weighted by atomic mass is 10.1. The standard InChI is InChI=1S/C8H15NO4.C2H6/c1-5(10)7(6(2)12-3)9-8(11)13-4;1-2/h6-7H,1-4H3,(H,9,11);1-2H3. The van der Waals surface area contributed by atoms with Crippen molar-refractivity contribution in [2.45, 2.75) is 39.8 Å². The number of ketones is 1. The quantitative estimate of drug-likeness (QED) is 0.775. The van der Waals surface area contributed by atoms with Gasteiger partial charge in [0.05, 0.1) is 13.2 Å². The molecule has 5 heteroatoms. The topological polar surface area (TPSA) is 64.6 Å². The maximum atomic E-state index is 11.0. The van der Waals surface area contributed by atoms with Crippen molar-refractivity contribution in [2.75, 3.05) is 14.2 Å². The van der Waals surface area contributed by atoms with Gasteiger partial charge in [-0.1, -0.05) is 13.8 Å². The number of ether oxygens (including phenoxy) is 2. The highest BCUT2D eigenvalue weighted by atomic mass is 16.5. The molecule has 0 aliphatic heterocycles. The van der Waals surface area contributed by atoms with Gasteiger partial charge in [-0.2, -0.15) is 0 Å². The van der Waals surface area contributed by atoms with Crippen LogP contribution >= 0.6 is 0 Å². The van der Waals surface area contributed by atoms with E-state index in [0.29, 0.717) is 0 Å². The van der Waals surface area contributed by atoms with Gasteiger partial charge in [0.15, 0.2) is 5.78 Å². The van der Waals surface area contributed by atoms with Crippen molar-refractivity contribution >= 4 is 11.9 Å². The zero-order valence-electron chi connectivity index (χ0n) is 10.3. The molecule has 0 aromatic heterocycles. The van der Waals surface area contributed by atoms with Gasteiger partial charge in [0.1, 0.15) is 6.04 Å². The lowest BCUT2D eigenvalue weighted by molar-refractivity contribution is -0.121. The van der Waals surface area contributed by atoms with Gasteiger partial charge in [0, 0.05) is 7.11 Å². The van der Waals surface area contributed by atoms with Gasteiger partial charge in [0.25, 0.3) is 0 Å². The molecule has 0 aromatic rings. The summed E-state index contributed by atoms with van der Waals surface area (Å²) in [5.41, 5.74) is 0. The molecule has 15 heavy (non-hydrogen) atoms. The summed E-state index contributed by atoms with van der Waals surface area (Å²) in [6.45, 7) is 7.08. The van der Waals surface area contributed by atoms with Gasteiger partial charge in [-0.15, -0.1) is 0 Å². The maximum Gasteiger partial charge on any atom is 0.407 e. The Labute approximate surface area is 91.1 Å². The Morgan fingerprint density at radius 2 is 1.67 bits per heavy atom. The molecule has 0 saturated heterocycles. The SMILES string of the molecule is CC.COC(=O)NC(C(C)=O)C(C)OC. The first kappa shape index (κ1) is 16.3.